The first-order valence-electron chi connectivity index (χ1n) is 5.55. The summed E-state index contributed by atoms with van der Waals surface area (Å²) in [6, 6.07) is 6.28. The Bertz CT molecular complexity index is 598. The van der Waals surface area contributed by atoms with Crippen molar-refractivity contribution >= 4 is 22.9 Å². The van der Waals surface area contributed by atoms with Crippen LogP contribution in [0.5, 0.6) is 5.75 Å². The molecule has 0 bridgehead atoms. The fraction of sp³-hybridized carbons (Fsp3) is 0.154. The number of thiophene rings is 1. The number of amides is 1. The van der Waals surface area contributed by atoms with Gasteiger partial charge in [-0.25, -0.2) is 4.39 Å². The molecule has 1 aromatic heterocycles. The summed E-state index contributed by atoms with van der Waals surface area (Å²) >= 11 is 1.44. The Balaban J connectivity index is 2.03. The third kappa shape index (κ3) is 3.23. The first-order valence-corrected chi connectivity index (χ1v) is 6.42. The number of carbonyl (C=O) groups is 1. The predicted molar refractivity (Wildman–Crippen MR) is 73.1 cm³/mol. The van der Waals surface area contributed by atoms with Gasteiger partial charge in [0.25, 0.3) is 0 Å². The molecule has 2 rings (SSSR count). The first-order chi connectivity index (χ1) is 9.10. The van der Waals surface area contributed by atoms with Crippen LogP contribution in [0.25, 0.3) is 0 Å². The van der Waals surface area contributed by atoms with Crippen molar-refractivity contribution in [3.05, 3.63) is 45.9 Å². The van der Waals surface area contributed by atoms with Crippen LogP contribution in [0, 0.1) is 5.82 Å². The molecule has 1 heterocycles. The molecule has 0 radical (unpaired) electrons. The van der Waals surface area contributed by atoms with E-state index in [1.165, 1.54) is 24.5 Å². The predicted octanol–water partition coefficient (Wildman–Crippen LogP) is 2.61. The van der Waals surface area contributed by atoms with Crippen LogP contribution in [-0.2, 0) is 6.54 Å². The number of methoxy groups -OCH3 is 1. The molecule has 0 aliphatic rings. The molecule has 0 spiro atoms. The lowest BCUT2D eigenvalue weighted by atomic mass is 10.2. The Morgan fingerprint density at radius 1 is 1.47 bits per heavy atom. The molecule has 0 atom stereocenters. The number of carbonyl (C=O) groups excluding carboxylic acids is 1. The number of benzene rings is 1. The van der Waals surface area contributed by atoms with Gasteiger partial charge in [-0.15, -0.1) is 11.3 Å². The maximum Gasteiger partial charge on any atom is 0.249 e. The Labute approximate surface area is 114 Å². The van der Waals surface area contributed by atoms with Crippen LogP contribution >= 0.6 is 11.3 Å². The second kappa shape index (κ2) is 5.71. The van der Waals surface area contributed by atoms with Gasteiger partial charge < -0.3 is 15.8 Å². The van der Waals surface area contributed by atoms with E-state index in [4.69, 9.17) is 10.5 Å². The van der Waals surface area contributed by atoms with Crippen LogP contribution in [0.3, 0.4) is 0 Å². The Morgan fingerprint density at radius 2 is 2.26 bits per heavy atom. The van der Waals surface area contributed by atoms with Crippen LogP contribution in [0.2, 0.25) is 0 Å². The lowest BCUT2D eigenvalue weighted by molar-refractivity contribution is 0.100. The minimum Gasteiger partial charge on any atom is -0.494 e. The van der Waals surface area contributed by atoms with Gasteiger partial charge in [0.15, 0.2) is 11.6 Å². The molecule has 0 aliphatic carbocycles. The molecule has 1 aromatic carbocycles. The van der Waals surface area contributed by atoms with Crippen LogP contribution in [0.15, 0.2) is 29.6 Å². The second-order valence-corrected chi connectivity index (χ2v) is 4.86. The molecule has 6 heteroatoms. The van der Waals surface area contributed by atoms with Crippen molar-refractivity contribution in [2.24, 2.45) is 5.73 Å². The standard InChI is InChI=1S/C13H13FN2O2S/c1-18-12-5-9(2-3-11(12)14)16-6-10-4-8(7-19-10)13(15)17/h2-5,7,16H,6H2,1H3,(H2,15,17). The summed E-state index contributed by atoms with van der Waals surface area (Å²) in [5, 5.41) is 4.84. The van der Waals surface area contributed by atoms with Crippen LogP contribution in [0.1, 0.15) is 15.2 Å². The van der Waals surface area contributed by atoms with E-state index in [0.29, 0.717) is 12.1 Å². The molecule has 0 aliphatic heterocycles. The van der Waals surface area contributed by atoms with E-state index in [2.05, 4.69) is 5.32 Å². The van der Waals surface area contributed by atoms with Crippen LogP contribution in [-0.4, -0.2) is 13.0 Å². The van der Waals surface area contributed by atoms with E-state index in [9.17, 15) is 9.18 Å². The van der Waals surface area contributed by atoms with E-state index in [1.807, 2.05) is 0 Å². The highest BCUT2D eigenvalue weighted by molar-refractivity contribution is 7.10. The average Bonchev–Trinajstić information content (AvgIpc) is 2.87. The summed E-state index contributed by atoms with van der Waals surface area (Å²) in [4.78, 5) is 11.9. The van der Waals surface area contributed by atoms with Gasteiger partial charge in [-0.2, -0.15) is 0 Å². The van der Waals surface area contributed by atoms with Gasteiger partial charge >= 0.3 is 0 Å². The Morgan fingerprint density at radius 3 is 2.89 bits per heavy atom. The first kappa shape index (κ1) is 13.4. The summed E-state index contributed by atoms with van der Waals surface area (Å²) in [7, 11) is 1.42. The molecule has 100 valence electrons. The molecule has 3 N–H and O–H groups in total. The normalized spacial score (nSPS) is 10.2. The number of hydrogen-bond acceptors (Lipinski definition) is 4. The number of hydrogen-bond donors (Lipinski definition) is 2. The van der Waals surface area contributed by atoms with Crippen LogP contribution in [0.4, 0.5) is 10.1 Å². The van der Waals surface area contributed by atoms with Crippen molar-refractivity contribution in [2.75, 3.05) is 12.4 Å². The zero-order valence-corrected chi connectivity index (χ0v) is 11.1. The summed E-state index contributed by atoms with van der Waals surface area (Å²) < 4.78 is 18.1. The lowest BCUT2D eigenvalue weighted by Crippen LogP contribution is -2.09. The Kier molecular flexibility index (Phi) is 4.01. The van der Waals surface area contributed by atoms with Crippen molar-refractivity contribution in [1.29, 1.82) is 0 Å². The highest BCUT2D eigenvalue weighted by Gasteiger charge is 2.06. The largest absolute Gasteiger partial charge is 0.494 e. The van der Waals surface area contributed by atoms with Crippen LogP contribution < -0.4 is 15.8 Å². The Hall–Kier alpha value is -2.08. The molecule has 0 saturated carbocycles. The maximum absolute atomic E-state index is 13.2. The molecule has 0 fully saturated rings. The number of primary amides is 1. The van der Waals surface area contributed by atoms with E-state index in [-0.39, 0.29) is 5.75 Å². The smallest absolute Gasteiger partial charge is 0.249 e. The third-order valence-electron chi connectivity index (χ3n) is 2.56. The number of ether oxygens (including phenoxy) is 1. The molecule has 2 aromatic rings. The minimum atomic E-state index is -0.439. The van der Waals surface area contributed by atoms with E-state index in [1.54, 1.807) is 23.6 Å². The molecule has 4 nitrogen and oxygen atoms in total. The van der Waals surface area contributed by atoms with Gasteiger partial charge in [-0.05, 0) is 18.2 Å². The van der Waals surface area contributed by atoms with Crippen molar-refractivity contribution in [1.82, 2.24) is 0 Å². The highest BCUT2D eigenvalue weighted by Crippen LogP contribution is 2.22. The van der Waals surface area contributed by atoms with Gasteiger partial charge in [0.2, 0.25) is 5.91 Å². The second-order valence-electron chi connectivity index (χ2n) is 3.87. The SMILES string of the molecule is COc1cc(NCc2cc(C(N)=O)cs2)ccc1F. The molecule has 19 heavy (non-hydrogen) atoms. The molecule has 0 saturated heterocycles. The monoisotopic (exact) mass is 280 g/mol. The van der Waals surface area contributed by atoms with Gasteiger partial charge in [-0.3, -0.25) is 4.79 Å². The van der Waals surface area contributed by atoms with Gasteiger partial charge in [0.05, 0.1) is 12.7 Å². The zero-order valence-electron chi connectivity index (χ0n) is 10.3. The topological polar surface area (TPSA) is 64.3 Å². The number of nitrogens with two attached hydrogens (primary N) is 1. The van der Waals surface area contributed by atoms with E-state index >= 15 is 0 Å². The van der Waals surface area contributed by atoms with Gasteiger partial charge in [0.1, 0.15) is 0 Å². The summed E-state index contributed by atoms with van der Waals surface area (Å²) in [5.41, 5.74) is 6.42. The van der Waals surface area contributed by atoms with Gasteiger partial charge in [-0.1, -0.05) is 0 Å². The fourth-order valence-corrected chi connectivity index (χ4v) is 2.37. The fourth-order valence-electron chi connectivity index (χ4n) is 1.56. The molecular weight excluding hydrogens is 267 g/mol. The van der Waals surface area contributed by atoms with Crippen molar-refractivity contribution in [2.45, 2.75) is 6.54 Å². The van der Waals surface area contributed by atoms with E-state index < -0.39 is 11.7 Å². The number of rotatable bonds is 5. The lowest BCUT2D eigenvalue weighted by Gasteiger charge is -2.07. The van der Waals surface area contributed by atoms with Gasteiger partial charge in [0, 0.05) is 28.6 Å². The highest BCUT2D eigenvalue weighted by atomic mass is 32.1. The number of nitrogens with one attached hydrogen (secondary N) is 1. The van der Waals surface area contributed by atoms with Crippen molar-refractivity contribution in [3.63, 3.8) is 0 Å². The van der Waals surface area contributed by atoms with Crippen molar-refractivity contribution < 1.29 is 13.9 Å². The van der Waals surface area contributed by atoms with Crippen molar-refractivity contribution in [3.8, 4) is 5.75 Å². The summed E-state index contributed by atoms with van der Waals surface area (Å²) in [6.07, 6.45) is 0. The maximum atomic E-state index is 13.2. The quantitative estimate of drug-likeness (QED) is 0.885. The summed E-state index contributed by atoms with van der Waals surface area (Å²) in [5.74, 6) is -0.653. The number of anilines is 1. The third-order valence-corrected chi connectivity index (χ3v) is 3.49. The van der Waals surface area contributed by atoms with E-state index in [0.717, 1.165) is 10.6 Å². The minimum absolute atomic E-state index is 0.189. The average molecular weight is 280 g/mol. The molecule has 1 amide bonds. The molecular formula is C13H13FN2O2S. The molecule has 0 unspecified atom stereocenters. The zero-order chi connectivity index (χ0) is 13.8. The summed E-state index contributed by atoms with van der Waals surface area (Å²) in [6.45, 7) is 0.534. The number of halogens is 1.